The third kappa shape index (κ3) is 5.31. The van der Waals surface area contributed by atoms with Gasteiger partial charge >= 0.3 is 5.97 Å². The fourth-order valence-electron chi connectivity index (χ4n) is 3.70. The Morgan fingerprint density at radius 2 is 1.70 bits per heavy atom. The number of carboxylic acid groups (broad SMARTS) is 1. The molecule has 1 unspecified atom stereocenters. The maximum Gasteiger partial charge on any atom is 0.307 e. The lowest BCUT2D eigenvalue weighted by Crippen LogP contribution is -2.21. The largest absolute Gasteiger partial charge is 0.481 e. The molecule has 4 aromatic rings. The Morgan fingerprint density at radius 1 is 0.970 bits per heavy atom. The SMILES string of the molecule is Cc1ccc(CC(Cc2ncc(-c3ccccc3)nc2Cc2c(F)cccc2F)C(=O)O)o1. The fourth-order valence-corrected chi connectivity index (χ4v) is 3.70. The molecule has 0 fully saturated rings. The Labute approximate surface area is 189 Å². The van der Waals surface area contributed by atoms with Gasteiger partial charge in [0.05, 0.1) is 29.2 Å². The average Bonchev–Trinajstić information content (AvgIpc) is 3.22. The van der Waals surface area contributed by atoms with E-state index in [9.17, 15) is 18.7 Å². The van der Waals surface area contributed by atoms with Crippen LogP contribution in [-0.4, -0.2) is 21.0 Å². The van der Waals surface area contributed by atoms with E-state index in [0.717, 1.165) is 5.56 Å². The van der Waals surface area contributed by atoms with E-state index in [1.807, 2.05) is 30.3 Å². The number of nitrogens with zero attached hydrogens (tertiary/aromatic N) is 2. The van der Waals surface area contributed by atoms with E-state index in [1.165, 1.54) is 18.2 Å². The molecule has 0 aliphatic carbocycles. The Morgan fingerprint density at radius 3 is 2.33 bits per heavy atom. The van der Waals surface area contributed by atoms with Gasteiger partial charge in [-0.15, -0.1) is 0 Å². The van der Waals surface area contributed by atoms with Gasteiger partial charge in [0.1, 0.15) is 23.2 Å². The van der Waals surface area contributed by atoms with Gasteiger partial charge in [-0.3, -0.25) is 9.78 Å². The van der Waals surface area contributed by atoms with Crippen LogP contribution in [-0.2, 0) is 24.1 Å². The molecule has 2 heterocycles. The van der Waals surface area contributed by atoms with Crippen molar-refractivity contribution in [2.24, 2.45) is 5.92 Å². The second kappa shape index (κ2) is 9.73. The van der Waals surface area contributed by atoms with Gasteiger partial charge < -0.3 is 9.52 Å². The summed E-state index contributed by atoms with van der Waals surface area (Å²) in [6, 6.07) is 16.5. The zero-order valence-electron chi connectivity index (χ0n) is 18.0. The van der Waals surface area contributed by atoms with Crippen LogP contribution >= 0.6 is 0 Å². The van der Waals surface area contributed by atoms with Gasteiger partial charge in [0.25, 0.3) is 0 Å². The van der Waals surface area contributed by atoms with Crippen LogP contribution in [0.15, 0.2) is 71.3 Å². The van der Waals surface area contributed by atoms with Gasteiger partial charge in [-0.05, 0) is 31.2 Å². The molecule has 1 N–H and O–H groups in total. The first-order valence-corrected chi connectivity index (χ1v) is 10.5. The van der Waals surface area contributed by atoms with E-state index in [4.69, 9.17) is 4.42 Å². The van der Waals surface area contributed by atoms with Crippen LogP contribution in [0.25, 0.3) is 11.3 Å². The summed E-state index contributed by atoms with van der Waals surface area (Å²) in [6.07, 6.45) is 1.62. The van der Waals surface area contributed by atoms with Crippen LogP contribution in [0, 0.1) is 24.5 Å². The molecule has 0 amide bonds. The molecule has 0 spiro atoms. The highest BCUT2D eigenvalue weighted by atomic mass is 19.1. The molecule has 168 valence electrons. The molecule has 7 heteroatoms. The molecule has 0 aliphatic rings. The Kier molecular flexibility index (Phi) is 6.58. The van der Waals surface area contributed by atoms with E-state index < -0.39 is 23.5 Å². The van der Waals surface area contributed by atoms with E-state index in [1.54, 1.807) is 25.3 Å². The van der Waals surface area contributed by atoms with Crippen molar-refractivity contribution in [3.63, 3.8) is 0 Å². The highest BCUT2D eigenvalue weighted by Gasteiger charge is 2.24. The second-order valence-corrected chi connectivity index (χ2v) is 7.85. The molecule has 2 aromatic carbocycles. The zero-order chi connectivity index (χ0) is 23.4. The molecule has 0 radical (unpaired) electrons. The van der Waals surface area contributed by atoms with E-state index in [2.05, 4.69) is 9.97 Å². The monoisotopic (exact) mass is 448 g/mol. The minimum Gasteiger partial charge on any atom is -0.481 e. The van der Waals surface area contributed by atoms with Crippen molar-refractivity contribution in [3.05, 3.63) is 107 Å². The molecule has 1 atom stereocenters. The zero-order valence-corrected chi connectivity index (χ0v) is 18.0. The van der Waals surface area contributed by atoms with Crippen LogP contribution in [0.3, 0.4) is 0 Å². The number of rotatable bonds is 8. The van der Waals surface area contributed by atoms with Gasteiger partial charge in [-0.1, -0.05) is 36.4 Å². The lowest BCUT2D eigenvalue weighted by molar-refractivity contribution is -0.141. The van der Waals surface area contributed by atoms with E-state index in [-0.39, 0.29) is 24.8 Å². The summed E-state index contributed by atoms with van der Waals surface area (Å²) >= 11 is 0. The van der Waals surface area contributed by atoms with Crippen LogP contribution in [0.2, 0.25) is 0 Å². The van der Waals surface area contributed by atoms with Crippen molar-refractivity contribution in [1.82, 2.24) is 9.97 Å². The van der Waals surface area contributed by atoms with Crippen molar-refractivity contribution in [2.45, 2.75) is 26.2 Å². The van der Waals surface area contributed by atoms with Crippen molar-refractivity contribution >= 4 is 5.97 Å². The number of aromatic nitrogens is 2. The standard InChI is InChI=1S/C26H22F2N2O3/c1-16-10-11-19(33-16)12-18(26(31)32)13-23-24(14-20-21(27)8-5-9-22(20)28)30-25(15-29-23)17-6-3-2-4-7-17/h2-11,15,18H,12-14H2,1H3,(H,31,32). The van der Waals surface area contributed by atoms with Crippen LogP contribution < -0.4 is 0 Å². The Balaban J connectivity index is 1.71. The lowest BCUT2D eigenvalue weighted by Gasteiger charge is -2.15. The second-order valence-electron chi connectivity index (χ2n) is 7.85. The Bertz CT molecular complexity index is 1250. The molecule has 33 heavy (non-hydrogen) atoms. The van der Waals surface area contributed by atoms with Crippen LogP contribution in [0.5, 0.6) is 0 Å². The van der Waals surface area contributed by atoms with Gasteiger partial charge in [-0.25, -0.2) is 13.8 Å². The van der Waals surface area contributed by atoms with Crippen LogP contribution in [0.1, 0.15) is 28.5 Å². The first-order chi connectivity index (χ1) is 15.9. The lowest BCUT2D eigenvalue weighted by atomic mass is 9.95. The number of carboxylic acids is 1. The Hall–Kier alpha value is -3.87. The number of halogens is 2. The van der Waals surface area contributed by atoms with E-state index >= 15 is 0 Å². The highest BCUT2D eigenvalue weighted by molar-refractivity contribution is 5.70. The predicted octanol–water partition coefficient (Wildman–Crippen LogP) is 5.40. The number of aryl methyl sites for hydroxylation is 1. The van der Waals surface area contributed by atoms with Gasteiger partial charge in [0.15, 0.2) is 0 Å². The molecule has 4 rings (SSSR count). The number of carbonyl (C=O) groups is 1. The summed E-state index contributed by atoms with van der Waals surface area (Å²) in [6.45, 7) is 1.79. The summed E-state index contributed by atoms with van der Waals surface area (Å²) in [5.74, 6) is -1.98. The smallest absolute Gasteiger partial charge is 0.307 e. The first kappa shape index (κ1) is 22.3. The van der Waals surface area contributed by atoms with Crippen LogP contribution in [0.4, 0.5) is 8.78 Å². The quantitative estimate of drug-likeness (QED) is 0.391. The van der Waals surface area contributed by atoms with Crippen molar-refractivity contribution in [2.75, 3.05) is 0 Å². The first-order valence-electron chi connectivity index (χ1n) is 10.5. The van der Waals surface area contributed by atoms with Gasteiger partial charge in [-0.2, -0.15) is 0 Å². The topological polar surface area (TPSA) is 76.2 Å². The molecule has 2 aromatic heterocycles. The van der Waals surface area contributed by atoms with Crippen molar-refractivity contribution < 1.29 is 23.1 Å². The highest BCUT2D eigenvalue weighted by Crippen LogP contribution is 2.24. The summed E-state index contributed by atoms with van der Waals surface area (Å²) in [5.41, 5.74) is 1.93. The summed E-state index contributed by atoms with van der Waals surface area (Å²) in [4.78, 5) is 21.1. The van der Waals surface area contributed by atoms with E-state index in [0.29, 0.717) is 28.6 Å². The minimum atomic E-state index is -1.01. The van der Waals surface area contributed by atoms with Gasteiger partial charge in [0.2, 0.25) is 0 Å². The maximum atomic E-state index is 14.4. The molecular formula is C26H22F2N2O3. The minimum absolute atomic E-state index is 0.0442. The summed E-state index contributed by atoms with van der Waals surface area (Å²) < 4.78 is 34.3. The maximum absolute atomic E-state index is 14.4. The number of furan rings is 1. The number of aliphatic carboxylic acids is 1. The molecule has 0 saturated heterocycles. The van der Waals surface area contributed by atoms with Gasteiger partial charge in [0, 0.05) is 30.4 Å². The predicted molar refractivity (Wildman–Crippen MR) is 119 cm³/mol. The normalized spacial score (nSPS) is 12.0. The molecule has 5 nitrogen and oxygen atoms in total. The van der Waals surface area contributed by atoms with Crippen molar-refractivity contribution in [3.8, 4) is 11.3 Å². The molecule has 0 bridgehead atoms. The molecular weight excluding hydrogens is 426 g/mol. The molecule has 0 saturated carbocycles. The number of hydrogen-bond acceptors (Lipinski definition) is 4. The number of hydrogen-bond donors (Lipinski definition) is 1. The summed E-state index contributed by atoms with van der Waals surface area (Å²) in [7, 11) is 0. The third-order valence-electron chi connectivity index (χ3n) is 5.44. The third-order valence-corrected chi connectivity index (χ3v) is 5.44. The summed E-state index contributed by atoms with van der Waals surface area (Å²) in [5, 5.41) is 9.79. The fraction of sp³-hybridized carbons (Fsp3) is 0.192. The average molecular weight is 448 g/mol. The molecule has 0 aliphatic heterocycles. The number of benzene rings is 2. The van der Waals surface area contributed by atoms with Crippen molar-refractivity contribution in [1.29, 1.82) is 0 Å².